The Hall–Kier alpha value is -3.44. The van der Waals surface area contributed by atoms with Crippen LogP contribution in [0, 0.1) is 18.6 Å². The minimum Gasteiger partial charge on any atom is -0.444 e. The fourth-order valence-electron chi connectivity index (χ4n) is 2.86. The van der Waals surface area contributed by atoms with Crippen molar-refractivity contribution in [2.45, 2.75) is 32.2 Å². The summed E-state index contributed by atoms with van der Waals surface area (Å²) in [6, 6.07) is 1.87. The van der Waals surface area contributed by atoms with E-state index < -0.39 is 64.2 Å². The molecule has 12 heteroatoms. The molecule has 2 aromatic carbocycles. The maximum Gasteiger partial charge on any atom is 0.416 e. The Morgan fingerprint density at radius 3 is 1.94 bits per heavy atom. The Morgan fingerprint density at radius 2 is 1.45 bits per heavy atom. The summed E-state index contributed by atoms with van der Waals surface area (Å²) >= 11 is 0. The highest BCUT2D eigenvalue weighted by molar-refractivity contribution is 5.92. The predicted molar refractivity (Wildman–Crippen MR) is 98.9 cm³/mol. The van der Waals surface area contributed by atoms with Gasteiger partial charge in [-0.15, -0.1) is 0 Å². The number of benzene rings is 2. The van der Waals surface area contributed by atoms with Crippen molar-refractivity contribution in [3.8, 4) is 11.5 Å². The van der Waals surface area contributed by atoms with Crippen LogP contribution >= 0.6 is 0 Å². The van der Waals surface area contributed by atoms with E-state index in [2.05, 4.69) is 10.3 Å². The molecule has 1 aromatic heterocycles. The van der Waals surface area contributed by atoms with Crippen molar-refractivity contribution in [3.05, 3.63) is 76.2 Å². The maximum atomic E-state index is 13.7. The van der Waals surface area contributed by atoms with E-state index in [-0.39, 0.29) is 17.2 Å². The molecule has 1 N–H and O–H groups in total. The Morgan fingerprint density at radius 1 is 0.939 bits per heavy atom. The van der Waals surface area contributed by atoms with E-state index in [4.69, 9.17) is 4.42 Å². The average molecular weight is 478 g/mol. The van der Waals surface area contributed by atoms with Crippen LogP contribution in [0.15, 0.2) is 41.0 Å². The number of aromatic nitrogens is 1. The van der Waals surface area contributed by atoms with Crippen LogP contribution in [0.3, 0.4) is 0 Å². The van der Waals surface area contributed by atoms with Crippen LogP contribution in [-0.4, -0.2) is 10.9 Å². The molecule has 1 unspecified atom stereocenters. The molecule has 4 nitrogen and oxygen atoms in total. The first-order valence-corrected chi connectivity index (χ1v) is 9.18. The average Bonchev–Trinajstić information content (AvgIpc) is 3.20. The summed E-state index contributed by atoms with van der Waals surface area (Å²) in [5.41, 5.74) is -4.39. The van der Waals surface area contributed by atoms with Gasteiger partial charge >= 0.3 is 12.4 Å². The van der Waals surface area contributed by atoms with Crippen LogP contribution in [0.4, 0.5) is 35.1 Å². The van der Waals surface area contributed by atoms with Gasteiger partial charge in [0.2, 0.25) is 5.89 Å². The number of nitrogens with one attached hydrogen (secondary N) is 1. The summed E-state index contributed by atoms with van der Waals surface area (Å²) in [6.07, 6.45) is -9.41. The van der Waals surface area contributed by atoms with Gasteiger partial charge in [0.05, 0.1) is 17.2 Å². The SMILES string of the molecule is Cc1c(F)cc(C(C)NC(=O)c2coc(-c3cc(C(F)(F)F)cc(C(F)(F)F)c3)n2)cc1F. The van der Waals surface area contributed by atoms with Gasteiger partial charge in [-0.3, -0.25) is 4.79 Å². The third-order valence-corrected chi connectivity index (χ3v) is 4.72. The molecule has 0 aliphatic heterocycles. The van der Waals surface area contributed by atoms with Gasteiger partial charge in [0, 0.05) is 11.1 Å². The molecule has 0 aliphatic rings. The van der Waals surface area contributed by atoms with E-state index in [0.29, 0.717) is 12.1 Å². The number of amides is 1. The van der Waals surface area contributed by atoms with Gasteiger partial charge in [-0.25, -0.2) is 13.8 Å². The molecular formula is C21H14F8N2O2. The van der Waals surface area contributed by atoms with Crippen LogP contribution < -0.4 is 5.32 Å². The second-order valence-corrected chi connectivity index (χ2v) is 7.14. The van der Waals surface area contributed by atoms with Crippen LogP contribution in [0.25, 0.3) is 11.5 Å². The molecule has 1 atom stereocenters. The molecule has 0 saturated heterocycles. The van der Waals surface area contributed by atoms with Gasteiger partial charge in [-0.1, -0.05) is 0 Å². The Labute approximate surface area is 181 Å². The number of halogens is 8. The molecular weight excluding hydrogens is 464 g/mol. The number of carbonyl (C=O) groups is 1. The lowest BCUT2D eigenvalue weighted by atomic mass is 10.0. The van der Waals surface area contributed by atoms with E-state index in [1.54, 1.807) is 0 Å². The molecule has 3 rings (SSSR count). The fourth-order valence-corrected chi connectivity index (χ4v) is 2.86. The van der Waals surface area contributed by atoms with Gasteiger partial charge in [-0.2, -0.15) is 26.3 Å². The van der Waals surface area contributed by atoms with Crippen LogP contribution in [0.2, 0.25) is 0 Å². The zero-order valence-corrected chi connectivity index (χ0v) is 16.8. The molecule has 1 amide bonds. The van der Waals surface area contributed by atoms with Crippen molar-refractivity contribution in [3.63, 3.8) is 0 Å². The van der Waals surface area contributed by atoms with Crippen molar-refractivity contribution in [2.24, 2.45) is 0 Å². The van der Waals surface area contributed by atoms with Crippen molar-refractivity contribution in [1.82, 2.24) is 10.3 Å². The third-order valence-electron chi connectivity index (χ3n) is 4.72. The molecule has 33 heavy (non-hydrogen) atoms. The molecule has 0 radical (unpaired) electrons. The molecule has 0 spiro atoms. The van der Waals surface area contributed by atoms with Gasteiger partial charge in [-0.05, 0) is 49.7 Å². The first-order chi connectivity index (χ1) is 15.2. The molecule has 0 aliphatic carbocycles. The normalized spacial score (nSPS) is 13.2. The van der Waals surface area contributed by atoms with Crippen molar-refractivity contribution in [1.29, 1.82) is 0 Å². The second-order valence-electron chi connectivity index (χ2n) is 7.14. The van der Waals surface area contributed by atoms with E-state index in [1.807, 2.05) is 0 Å². The summed E-state index contributed by atoms with van der Waals surface area (Å²) in [6.45, 7) is 2.64. The topological polar surface area (TPSA) is 55.1 Å². The van der Waals surface area contributed by atoms with Gasteiger partial charge in [0.1, 0.15) is 17.9 Å². The highest BCUT2D eigenvalue weighted by atomic mass is 19.4. The minimum absolute atomic E-state index is 0.0540. The summed E-state index contributed by atoms with van der Waals surface area (Å²) in [7, 11) is 0. The number of alkyl halides is 6. The molecule has 0 bridgehead atoms. The lowest BCUT2D eigenvalue weighted by molar-refractivity contribution is -0.143. The lowest BCUT2D eigenvalue weighted by Gasteiger charge is -2.14. The number of oxazole rings is 1. The van der Waals surface area contributed by atoms with Crippen molar-refractivity contribution in [2.75, 3.05) is 0 Å². The summed E-state index contributed by atoms with van der Waals surface area (Å²) in [5.74, 6) is -3.25. The summed E-state index contributed by atoms with van der Waals surface area (Å²) < 4.78 is 111. The summed E-state index contributed by atoms with van der Waals surface area (Å²) in [5, 5.41) is 2.37. The maximum absolute atomic E-state index is 13.7. The highest BCUT2D eigenvalue weighted by Gasteiger charge is 2.37. The number of hydrogen-bond donors (Lipinski definition) is 1. The van der Waals surface area contributed by atoms with Crippen molar-refractivity contribution >= 4 is 5.91 Å². The van der Waals surface area contributed by atoms with Gasteiger partial charge < -0.3 is 9.73 Å². The van der Waals surface area contributed by atoms with E-state index in [0.717, 1.165) is 18.4 Å². The molecule has 0 saturated carbocycles. The zero-order chi connectivity index (χ0) is 24.7. The second kappa shape index (κ2) is 8.49. The molecule has 176 valence electrons. The quantitative estimate of drug-likeness (QED) is 0.438. The Bertz CT molecular complexity index is 1140. The van der Waals surface area contributed by atoms with Crippen molar-refractivity contribution < 1.29 is 44.3 Å². The van der Waals surface area contributed by atoms with E-state index >= 15 is 0 Å². The van der Waals surface area contributed by atoms with Crippen LogP contribution in [0.1, 0.15) is 45.7 Å². The fraction of sp³-hybridized carbons (Fsp3) is 0.238. The van der Waals surface area contributed by atoms with E-state index in [1.165, 1.54) is 13.8 Å². The number of rotatable bonds is 4. The Balaban J connectivity index is 1.88. The largest absolute Gasteiger partial charge is 0.444 e. The molecule has 0 fully saturated rings. The van der Waals surface area contributed by atoms with Gasteiger partial charge in [0.15, 0.2) is 5.69 Å². The van der Waals surface area contributed by atoms with Crippen LogP contribution in [0.5, 0.6) is 0 Å². The zero-order valence-electron chi connectivity index (χ0n) is 16.8. The first kappa shape index (κ1) is 24.2. The highest BCUT2D eigenvalue weighted by Crippen LogP contribution is 2.38. The summed E-state index contributed by atoms with van der Waals surface area (Å²) in [4.78, 5) is 16.0. The lowest BCUT2D eigenvalue weighted by Crippen LogP contribution is -2.27. The first-order valence-electron chi connectivity index (χ1n) is 9.18. The smallest absolute Gasteiger partial charge is 0.416 e. The molecule has 3 aromatic rings. The minimum atomic E-state index is -5.07. The Kier molecular flexibility index (Phi) is 6.22. The predicted octanol–water partition coefficient (Wildman–Crippen LogP) is 6.46. The van der Waals surface area contributed by atoms with Crippen LogP contribution in [-0.2, 0) is 12.4 Å². The van der Waals surface area contributed by atoms with Gasteiger partial charge in [0.25, 0.3) is 5.91 Å². The number of carbonyl (C=O) groups excluding carboxylic acids is 1. The monoisotopic (exact) mass is 478 g/mol. The standard InChI is InChI=1S/C21H14F8N2O2/c1-9-15(22)5-11(6-16(9)23)10(2)30-18(32)17-8-33-19(31-17)12-3-13(20(24,25)26)7-14(4-12)21(27,28)29/h3-8,10H,1-2H3,(H,30,32). The molecule has 1 heterocycles. The van der Waals surface area contributed by atoms with E-state index in [9.17, 15) is 39.9 Å². The third kappa shape index (κ3) is 5.32. The number of hydrogen-bond acceptors (Lipinski definition) is 3. The number of nitrogens with zero attached hydrogens (tertiary/aromatic N) is 1.